The predicted molar refractivity (Wildman–Crippen MR) is 98.4 cm³/mol. The second kappa shape index (κ2) is 7.00. The number of nitrogens with one attached hydrogen (secondary N) is 2. The van der Waals surface area contributed by atoms with Gasteiger partial charge in [-0.15, -0.1) is 5.10 Å². The monoisotopic (exact) mass is 365 g/mol. The SMILES string of the molecule is COc1cc(Nc2nc(C(O)c3ccc(F)cc3)nc3ccccc23)[nH]n1. The van der Waals surface area contributed by atoms with E-state index < -0.39 is 6.10 Å². The summed E-state index contributed by atoms with van der Waals surface area (Å²) < 4.78 is 18.2. The highest BCUT2D eigenvalue weighted by molar-refractivity contribution is 5.90. The Bertz CT molecular complexity index is 1080. The molecule has 4 aromatic rings. The minimum atomic E-state index is -1.09. The van der Waals surface area contributed by atoms with E-state index in [9.17, 15) is 9.50 Å². The minimum absolute atomic E-state index is 0.203. The number of hydrogen-bond donors (Lipinski definition) is 3. The Morgan fingerprint density at radius 3 is 2.63 bits per heavy atom. The quantitative estimate of drug-likeness (QED) is 0.502. The summed E-state index contributed by atoms with van der Waals surface area (Å²) in [5.74, 6) is 1.35. The first-order valence-corrected chi connectivity index (χ1v) is 8.20. The number of anilines is 2. The summed E-state index contributed by atoms with van der Waals surface area (Å²) in [6, 6.07) is 14.7. The van der Waals surface area contributed by atoms with Crippen LogP contribution in [0.15, 0.2) is 54.6 Å². The number of benzene rings is 2. The normalized spacial score (nSPS) is 12.1. The number of methoxy groups -OCH3 is 1. The molecule has 0 aliphatic carbocycles. The fraction of sp³-hybridized carbons (Fsp3) is 0.105. The van der Waals surface area contributed by atoms with Gasteiger partial charge in [-0.05, 0) is 29.8 Å². The Morgan fingerprint density at radius 1 is 1.11 bits per heavy atom. The lowest BCUT2D eigenvalue weighted by atomic mass is 10.1. The van der Waals surface area contributed by atoms with Gasteiger partial charge in [0.25, 0.3) is 0 Å². The van der Waals surface area contributed by atoms with Crippen molar-refractivity contribution in [1.29, 1.82) is 0 Å². The zero-order chi connectivity index (χ0) is 18.8. The molecule has 1 atom stereocenters. The maximum Gasteiger partial charge on any atom is 0.234 e. The number of hydrogen-bond acceptors (Lipinski definition) is 6. The van der Waals surface area contributed by atoms with Crippen LogP contribution in [0.4, 0.5) is 16.0 Å². The molecule has 2 aromatic heterocycles. The van der Waals surface area contributed by atoms with Crippen LogP contribution in [0.3, 0.4) is 0 Å². The summed E-state index contributed by atoms with van der Waals surface area (Å²) in [6.07, 6.45) is -1.09. The van der Waals surface area contributed by atoms with Crippen molar-refractivity contribution >= 4 is 22.5 Å². The van der Waals surface area contributed by atoms with E-state index in [0.717, 1.165) is 5.39 Å². The number of ether oxygens (including phenoxy) is 1. The molecule has 1 unspecified atom stereocenters. The molecule has 2 aromatic carbocycles. The van der Waals surface area contributed by atoms with Gasteiger partial charge in [-0.2, -0.15) is 0 Å². The largest absolute Gasteiger partial charge is 0.480 e. The number of rotatable bonds is 5. The Labute approximate surface area is 153 Å². The number of halogens is 1. The third-order valence-corrected chi connectivity index (χ3v) is 4.07. The molecule has 7 nitrogen and oxygen atoms in total. The Kier molecular flexibility index (Phi) is 4.39. The van der Waals surface area contributed by atoms with Crippen LogP contribution in [0.5, 0.6) is 5.88 Å². The number of fused-ring (bicyclic) bond motifs is 1. The van der Waals surface area contributed by atoms with Crippen molar-refractivity contribution in [1.82, 2.24) is 20.2 Å². The summed E-state index contributed by atoms with van der Waals surface area (Å²) in [7, 11) is 1.52. The zero-order valence-corrected chi connectivity index (χ0v) is 14.3. The van der Waals surface area contributed by atoms with Gasteiger partial charge in [0, 0.05) is 11.5 Å². The predicted octanol–water partition coefficient (Wildman–Crippen LogP) is 3.33. The van der Waals surface area contributed by atoms with Gasteiger partial charge in [0.2, 0.25) is 5.88 Å². The first-order valence-electron chi connectivity index (χ1n) is 8.20. The molecule has 2 heterocycles. The molecule has 0 radical (unpaired) electrons. The van der Waals surface area contributed by atoms with Crippen molar-refractivity contribution in [2.24, 2.45) is 0 Å². The second-order valence-corrected chi connectivity index (χ2v) is 5.85. The third-order valence-electron chi connectivity index (χ3n) is 4.07. The molecular weight excluding hydrogens is 349 g/mol. The lowest BCUT2D eigenvalue weighted by Crippen LogP contribution is -2.08. The number of aliphatic hydroxyl groups excluding tert-OH is 1. The Morgan fingerprint density at radius 2 is 1.89 bits per heavy atom. The van der Waals surface area contributed by atoms with Crippen LogP contribution in [-0.2, 0) is 0 Å². The van der Waals surface area contributed by atoms with E-state index in [-0.39, 0.29) is 11.6 Å². The fourth-order valence-electron chi connectivity index (χ4n) is 2.71. The van der Waals surface area contributed by atoms with Crippen LogP contribution < -0.4 is 10.1 Å². The average molecular weight is 365 g/mol. The molecule has 0 fully saturated rings. The number of aromatic nitrogens is 4. The van der Waals surface area contributed by atoms with Crippen LogP contribution in [0.1, 0.15) is 17.5 Å². The van der Waals surface area contributed by atoms with E-state index in [2.05, 4.69) is 25.5 Å². The molecule has 0 amide bonds. The van der Waals surface area contributed by atoms with Gasteiger partial charge < -0.3 is 15.2 Å². The molecule has 3 N–H and O–H groups in total. The molecule has 4 rings (SSSR count). The highest BCUT2D eigenvalue weighted by Gasteiger charge is 2.17. The second-order valence-electron chi connectivity index (χ2n) is 5.85. The van der Waals surface area contributed by atoms with Gasteiger partial charge in [0.1, 0.15) is 23.6 Å². The van der Waals surface area contributed by atoms with E-state index >= 15 is 0 Å². The number of para-hydroxylation sites is 1. The number of H-pyrrole nitrogens is 1. The maximum atomic E-state index is 13.2. The summed E-state index contributed by atoms with van der Waals surface area (Å²) >= 11 is 0. The zero-order valence-electron chi connectivity index (χ0n) is 14.3. The van der Waals surface area contributed by atoms with E-state index in [4.69, 9.17) is 4.74 Å². The molecule has 0 saturated heterocycles. The van der Waals surface area contributed by atoms with E-state index in [1.165, 1.54) is 31.4 Å². The van der Waals surface area contributed by atoms with Crippen molar-refractivity contribution in [2.75, 3.05) is 12.4 Å². The third kappa shape index (κ3) is 3.42. The van der Waals surface area contributed by atoms with Crippen LogP contribution in [0, 0.1) is 5.82 Å². The first kappa shape index (κ1) is 16.9. The number of aromatic amines is 1. The highest BCUT2D eigenvalue weighted by atomic mass is 19.1. The molecule has 0 aliphatic heterocycles. The van der Waals surface area contributed by atoms with E-state index in [1.807, 2.05) is 24.3 Å². The molecule has 27 heavy (non-hydrogen) atoms. The number of aliphatic hydroxyl groups is 1. The lowest BCUT2D eigenvalue weighted by Gasteiger charge is -2.13. The van der Waals surface area contributed by atoms with Gasteiger partial charge >= 0.3 is 0 Å². The molecule has 8 heteroatoms. The van der Waals surface area contributed by atoms with Crippen molar-refractivity contribution in [3.63, 3.8) is 0 Å². The van der Waals surface area contributed by atoms with Crippen molar-refractivity contribution in [2.45, 2.75) is 6.10 Å². The Hall–Kier alpha value is -3.52. The van der Waals surface area contributed by atoms with Crippen LogP contribution in [0.2, 0.25) is 0 Å². The molecule has 0 aliphatic rings. The van der Waals surface area contributed by atoms with Crippen molar-refractivity contribution in [3.05, 3.63) is 71.8 Å². The molecule has 0 saturated carbocycles. The summed E-state index contributed by atoms with van der Waals surface area (Å²) in [6.45, 7) is 0. The minimum Gasteiger partial charge on any atom is -0.480 e. The molecular formula is C19H16FN5O2. The summed E-state index contributed by atoms with van der Waals surface area (Å²) in [5, 5.41) is 21.4. The van der Waals surface area contributed by atoms with Gasteiger partial charge in [0.05, 0.1) is 12.6 Å². The lowest BCUT2D eigenvalue weighted by molar-refractivity contribution is 0.210. The van der Waals surface area contributed by atoms with E-state index in [1.54, 1.807) is 6.07 Å². The van der Waals surface area contributed by atoms with Crippen LogP contribution in [0.25, 0.3) is 10.9 Å². The van der Waals surface area contributed by atoms with Gasteiger partial charge in [-0.3, -0.25) is 5.10 Å². The highest BCUT2D eigenvalue weighted by Crippen LogP contribution is 2.28. The average Bonchev–Trinajstić information content (AvgIpc) is 3.15. The van der Waals surface area contributed by atoms with Gasteiger partial charge in [-0.1, -0.05) is 24.3 Å². The molecule has 0 spiro atoms. The first-order chi connectivity index (χ1) is 13.1. The Balaban J connectivity index is 1.76. The summed E-state index contributed by atoms with van der Waals surface area (Å²) in [4.78, 5) is 8.93. The van der Waals surface area contributed by atoms with Crippen LogP contribution in [-0.4, -0.2) is 32.4 Å². The maximum absolute atomic E-state index is 13.2. The fourth-order valence-corrected chi connectivity index (χ4v) is 2.71. The molecule has 0 bridgehead atoms. The summed E-state index contributed by atoms with van der Waals surface area (Å²) in [5.41, 5.74) is 1.17. The molecule has 136 valence electrons. The van der Waals surface area contributed by atoms with Crippen molar-refractivity contribution < 1.29 is 14.2 Å². The van der Waals surface area contributed by atoms with Gasteiger partial charge in [0.15, 0.2) is 5.82 Å². The number of nitrogens with zero attached hydrogens (tertiary/aromatic N) is 3. The topological polar surface area (TPSA) is 96.0 Å². The van der Waals surface area contributed by atoms with Crippen LogP contribution >= 0.6 is 0 Å². The van der Waals surface area contributed by atoms with Crippen molar-refractivity contribution in [3.8, 4) is 5.88 Å². The smallest absolute Gasteiger partial charge is 0.234 e. The van der Waals surface area contributed by atoms with Gasteiger partial charge in [-0.25, -0.2) is 14.4 Å². The standard InChI is InChI=1S/C19H16FN5O2/c1-27-16-10-15(24-25-16)22-18-13-4-2-3-5-14(13)21-19(23-18)17(26)11-6-8-12(20)9-7-11/h2-10,17,26H,1H3,(H2,21,22,23,24,25). The van der Waals surface area contributed by atoms with E-state index in [0.29, 0.717) is 28.6 Å².